The predicted molar refractivity (Wildman–Crippen MR) is 93.6 cm³/mol. The van der Waals surface area contributed by atoms with Crippen molar-refractivity contribution in [2.45, 2.75) is 45.7 Å². The van der Waals surface area contributed by atoms with Gasteiger partial charge in [-0.15, -0.1) is 5.10 Å². The molecule has 2 aromatic rings. The van der Waals surface area contributed by atoms with Gasteiger partial charge in [0, 0.05) is 32.4 Å². The first-order valence-corrected chi connectivity index (χ1v) is 8.65. The molecular weight excluding hydrogens is 318 g/mol. The van der Waals surface area contributed by atoms with Gasteiger partial charge in [-0.1, -0.05) is 29.5 Å². The number of amides is 1. The van der Waals surface area contributed by atoms with Crippen molar-refractivity contribution in [1.82, 2.24) is 25.2 Å². The molecule has 2 heterocycles. The second-order valence-corrected chi connectivity index (χ2v) is 6.60. The first kappa shape index (κ1) is 17.6. The number of ether oxygens (including phenoxy) is 1. The molecular formula is C18H25N5O2. The molecule has 1 saturated heterocycles. The summed E-state index contributed by atoms with van der Waals surface area (Å²) in [5.41, 5.74) is 2.38. The predicted octanol–water partition coefficient (Wildman–Crippen LogP) is 1.20. The first-order chi connectivity index (χ1) is 12.1. The van der Waals surface area contributed by atoms with Crippen LogP contribution in [-0.4, -0.2) is 51.1 Å². The van der Waals surface area contributed by atoms with Crippen LogP contribution in [0.3, 0.4) is 0 Å². The van der Waals surface area contributed by atoms with Crippen molar-refractivity contribution < 1.29 is 9.53 Å². The normalized spacial score (nSPS) is 21.2. The van der Waals surface area contributed by atoms with Gasteiger partial charge in [-0.05, 0) is 25.0 Å². The number of hydrogen-bond donors (Lipinski definition) is 1. The average molecular weight is 343 g/mol. The van der Waals surface area contributed by atoms with Crippen molar-refractivity contribution in [3.63, 3.8) is 0 Å². The lowest BCUT2D eigenvalue weighted by molar-refractivity contribution is -0.122. The molecule has 7 nitrogen and oxygen atoms in total. The third-order valence-corrected chi connectivity index (χ3v) is 4.26. The average Bonchev–Trinajstić information content (AvgIpc) is 3.06. The van der Waals surface area contributed by atoms with Crippen molar-refractivity contribution >= 4 is 5.91 Å². The number of hydrogen-bond acceptors (Lipinski definition) is 5. The third kappa shape index (κ3) is 5.11. The standard InChI is InChI=1S/C18H25N5O2/c1-14-10-22(11-15(2)25-14)12-17-6-4-3-5-16(17)9-19-18(24)13-23-8-7-20-21-23/h3-8,14-15H,9-13H2,1-2H3,(H,19,24)/t14-,15-/m0/s1. The highest BCUT2D eigenvalue weighted by Gasteiger charge is 2.22. The van der Waals surface area contributed by atoms with Gasteiger partial charge >= 0.3 is 0 Å². The lowest BCUT2D eigenvalue weighted by Crippen LogP contribution is -2.45. The fraction of sp³-hybridized carbons (Fsp3) is 0.500. The summed E-state index contributed by atoms with van der Waals surface area (Å²) in [6.45, 7) is 7.64. The van der Waals surface area contributed by atoms with Gasteiger partial charge in [-0.2, -0.15) is 0 Å². The van der Waals surface area contributed by atoms with Crippen LogP contribution in [0.4, 0.5) is 0 Å². The molecule has 1 N–H and O–H groups in total. The zero-order valence-electron chi connectivity index (χ0n) is 14.8. The SMILES string of the molecule is C[C@H]1CN(Cc2ccccc2CNC(=O)Cn2ccnn2)C[C@H](C)O1. The molecule has 0 unspecified atom stereocenters. The molecule has 134 valence electrons. The zero-order chi connectivity index (χ0) is 17.6. The van der Waals surface area contributed by atoms with Crippen molar-refractivity contribution in [3.05, 3.63) is 47.8 Å². The Morgan fingerprint density at radius 3 is 2.64 bits per heavy atom. The fourth-order valence-corrected chi connectivity index (χ4v) is 3.25. The Balaban J connectivity index is 1.58. The molecule has 3 rings (SSSR count). The molecule has 0 spiro atoms. The van der Waals surface area contributed by atoms with E-state index in [1.54, 1.807) is 12.4 Å². The number of nitrogens with zero attached hydrogens (tertiary/aromatic N) is 4. The molecule has 7 heteroatoms. The second-order valence-electron chi connectivity index (χ2n) is 6.60. The molecule has 0 saturated carbocycles. The number of aromatic nitrogens is 3. The van der Waals surface area contributed by atoms with E-state index in [1.165, 1.54) is 10.2 Å². The monoisotopic (exact) mass is 343 g/mol. The van der Waals surface area contributed by atoms with E-state index in [4.69, 9.17) is 4.74 Å². The highest BCUT2D eigenvalue weighted by Crippen LogP contribution is 2.17. The summed E-state index contributed by atoms with van der Waals surface area (Å²) in [6.07, 6.45) is 3.73. The Morgan fingerprint density at radius 2 is 1.96 bits per heavy atom. The number of carbonyl (C=O) groups excluding carboxylic acids is 1. The van der Waals surface area contributed by atoms with Gasteiger partial charge in [-0.25, -0.2) is 4.68 Å². The van der Waals surface area contributed by atoms with Crippen molar-refractivity contribution in [2.24, 2.45) is 0 Å². The second kappa shape index (κ2) is 8.22. The van der Waals surface area contributed by atoms with E-state index < -0.39 is 0 Å². The van der Waals surface area contributed by atoms with E-state index in [0.29, 0.717) is 6.54 Å². The van der Waals surface area contributed by atoms with Crippen LogP contribution >= 0.6 is 0 Å². The van der Waals surface area contributed by atoms with Crippen LogP contribution in [-0.2, 0) is 29.2 Å². The molecule has 0 aliphatic carbocycles. The Labute approximate surface area is 148 Å². The van der Waals surface area contributed by atoms with E-state index in [1.807, 2.05) is 12.1 Å². The van der Waals surface area contributed by atoms with E-state index in [2.05, 4.69) is 46.5 Å². The van der Waals surface area contributed by atoms with E-state index in [9.17, 15) is 4.79 Å². The largest absolute Gasteiger partial charge is 0.373 e. The van der Waals surface area contributed by atoms with Crippen molar-refractivity contribution in [2.75, 3.05) is 13.1 Å². The summed E-state index contributed by atoms with van der Waals surface area (Å²) in [4.78, 5) is 14.5. The Hall–Kier alpha value is -2.25. The van der Waals surface area contributed by atoms with Gasteiger partial charge in [0.2, 0.25) is 5.91 Å². The molecule has 0 bridgehead atoms. The van der Waals surface area contributed by atoms with Crippen LogP contribution in [0.2, 0.25) is 0 Å². The van der Waals surface area contributed by atoms with Crippen LogP contribution in [0.5, 0.6) is 0 Å². The van der Waals surface area contributed by atoms with Gasteiger partial charge in [0.05, 0.1) is 18.4 Å². The number of morpholine rings is 1. The number of carbonyl (C=O) groups is 1. The molecule has 1 aromatic carbocycles. The topological polar surface area (TPSA) is 72.3 Å². The summed E-state index contributed by atoms with van der Waals surface area (Å²) in [7, 11) is 0. The number of benzene rings is 1. The maximum atomic E-state index is 12.0. The van der Waals surface area contributed by atoms with Gasteiger partial charge < -0.3 is 10.1 Å². The summed E-state index contributed by atoms with van der Waals surface area (Å²) < 4.78 is 7.31. The van der Waals surface area contributed by atoms with Crippen LogP contribution in [0.25, 0.3) is 0 Å². The molecule has 2 atom stereocenters. The van der Waals surface area contributed by atoms with Gasteiger partial charge in [0.1, 0.15) is 6.54 Å². The molecule has 1 aromatic heterocycles. The van der Waals surface area contributed by atoms with Gasteiger partial charge in [0.15, 0.2) is 0 Å². The van der Waals surface area contributed by atoms with E-state index in [-0.39, 0.29) is 24.7 Å². The minimum Gasteiger partial charge on any atom is -0.373 e. The van der Waals surface area contributed by atoms with Gasteiger partial charge in [-0.3, -0.25) is 9.69 Å². The lowest BCUT2D eigenvalue weighted by Gasteiger charge is -2.35. The maximum Gasteiger partial charge on any atom is 0.242 e. The number of rotatable bonds is 6. The first-order valence-electron chi connectivity index (χ1n) is 8.65. The smallest absolute Gasteiger partial charge is 0.242 e. The molecule has 25 heavy (non-hydrogen) atoms. The quantitative estimate of drug-likeness (QED) is 0.853. The minimum absolute atomic E-state index is 0.0751. The molecule has 1 amide bonds. The van der Waals surface area contributed by atoms with Crippen LogP contribution in [0.1, 0.15) is 25.0 Å². The van der Waals surface area contributed by atoms with Crippen LogP contribution < -0.4 is 5.32 Å². The minimum atomic E-state index is -0.0751. The van der Waals surface area contributed by atoms with Crippen molar-refractivity contribution in [1.29, 1.82) is 0 Å². The summed E-state index contributed by atoms with van der Waals surface area (Å²) in [5.74, 6) is -0.0751. The molecule has 0 radical (unpaired) electrons. The summed E-state index contributed by atoms with van der Waals surface area (Å²) in [6, 6.07) is 8.25. The lowest BCUT2D eigenvalue weighted by atomic mass is 10.1. The fourth-order valence-electron chi connectivity index (χ4n) is 3.25. The highest BCUT2D eigenvalue weighted by molar-refractivity contribution is 5.75. The van der Waals surface area contributed by atoms with Crippen LogP contribution in [0, 0.1) is 0 Å². The molecule has 1 fully saturated rings. The maximum absolute atomic E-state index is 12.0. The Bertz CT molecular complexity index is 679. The Kier molecular flexibility index (Phi) is 5.78. The molecule has 1 aliphatic rings. The van der Waals surface area contributed by atoms with E-state index in [0.717, 1.165) is 25.2 Å². The van der Waals surface area contributed by atoms with Crippen LogP contribution in [0.15, 0.2) is 36.7 Å². The highest BCUT2D eigenvalue weighted by atomic mass is 16.5. The zero-order valence-corrected chi connectivity index (χ0v) is 14.8. The number of nitrogens with one attached hydrogen (secondary N) is 1. The summed E-state index contributed by atoms with van der Waals surface area (Å²) >= 11 is 0. The Morgan fingerprint density at radius 1 is 1.24 bits per heavy atom. The van der Waals surface area contributed by atoms with E-state index >= 15 is 0 Å². The van der Waals surface area contributed by atoms with Crippen molar-refractivity contribution in [3.8, 4) is 0 Å². The summed E-state index contributed by atoms with van der Waals surface area (Å²) in [5, 5.41) is 10.5. The third-order valence-electron chi connectivity index (χ3n) is 4.26. The molecule has 1 aliphatic heterocycles. The van der Waals surface area contributed by atoms with Gasteiger partial charge in [0.25, 0.3) is 0 Å².